The number of amides is 4. The summed E-state index contributed by atoms with van der Waals surface area (Å²) in [5, 5.41) is 5.73. The van der Waals surface area contributed by atoms with Crippen molar-refractivity contribution in [3.63, 3.8) is 0 Å². The Kier molecular flexibility index (Phi) is 10.5. The summed E-state index contributed by atoms with van der Waals surface area (Å²) in [5.41, 5.74) is 7.17. The van der Waals surface area contributed by atoms with Crippen molar-refractivity contribution >= 4 is 23.8 Å². The van der Waals surface area contributed by atoms with Gasteiger partial charge in [-0.05, 0) is 83.9 Å². The maximum atomic E-state index is 14.1. The minimum absolute atomic E-state index is 0.00393. The topological polar surface area (TPSA) is 131 Å². The summed E-state index contributed by atoms with van der Waals surface area (Å²) in [6, 6.07) is 3.61. The number of benzene rings is 1. The lowest BCUT2D eigenvalue weighted by molar-refractivity contribution is -0.143. The number of nitrogens with zero attached hydrogens (tertiary/aromatic N) is 1. The number of carbonyl (C=O) groups is 4. The van der Waals surface area contributed by atoms with Crippen molar-refractivity contribution in [3.05, 3.63) is 34.9 Å². The average Bonchev–Trinajstić information content (AvgIpc) is 3.59. The lowest BCUT2D eigenvalue weighted by Gasteiger charge is -2.36. The van der Waals surface area contributed by atoms with Crippen LogP contribution in [0.3, 0.4) is 0 Å². The Morgan fingerprint density at radius 3 is 2.16 bits per heavy atom. The number of hydrogen-bond donors (Lipinski definition) is 3. The van der Waals surface area contributed by atoms with Crippen molar-refractivity contribution in [1.82, 2.24) is 15.5 Å². The zero-order valence-electron chi connectivity index (χ0n) is 23.3. The van der Waals surface area contributed by atoms with Gasteiger partial charge < -0.3 is 26.0 Å². The molecule has 1 saturated carbocycles. The molecule has 0 saturated heterocycles. The molecule has 2 rings (SSSR count). The van der Waals surface area contributed by atoms with E-state index in [0.717, 1.165) is 42.4 Å². The van der Waals surface area contributed by atoms with Gasteiger partial charge in [0.25, 0.3) is 0 Å². The van der Waals surface area contributed by atoms with Crippen LogP contribution in [0.4, 0.5) is 4.79 Å². The second-order valence-corrected chi connectivity index (χ2v) is 11.1. The van der Waals surface area contributed by atoms with Crippen LogP contribution in [0.5, 0.6) is 0 Å². The van der Waals surface area contributed by atoms with Crippen LogP contribution in [-0.2, 0) is 19.1 Å². The van der Waals surface area contributed by atoms with Gasteiger partial charge in [-0.25, -0.2) is 4.79 Å². The predicted octanol–water partition coefficient (Wildman–Crippen LogP) is 3.80. The van der Waals surface area contributed by atoms with Crippen molar-refractivity contribution in [3.8, 4) is 0 Å². The van der Waals surface area contributed by atoms with E-state index >= 15 is 0 Å². The minimum atomic E-state index is -1.07. The second-order valence-electron chi connectivity index (χ2n) is 11.1. The van der Waals surface area contributed by atoms with Gasteiger partial charge in [0.15, 0.2) is 0 Å². The number of rotatable bonds is 12. The van der Waals surface area contributed by atoms with Crippen molar-refractivity contribution < 1.29 is 23.9 Å². The molecule has 1 fully saturated rings. The molecule has 1 aromatic rings. The van der Waals surface area contributed by atoms with E-state index in [0.29, 0.717) is 0 Å². The summed E-state index contributed by atoms with van der Waals surface area (Å²) in [5.74, 6) is -1.27. The quantitative estimate of drug-likeness (QED) is 0.389. The third-order valence-corrected chi connectivity index (χ3v) is 6.32. The largest absolute Gasteiger partial charge is 0.444 e. The molecule has 9 heteroatoms. The molecule has 0 bridgehead atoms. The third-order valence-electron chi connectivity index (χ3n) is 6.32. The van der Waals surface area contributed by atoms with Gasteiger partial charge in [-0.1, -0.05) is 31.5 Å². The van der Waals surface area contributed by atoms with E-state index in [1.54, 1.807) is 25.7 Å². The van der Waals surface area contributed by atoms with Gasteiger partial charge in [0.05, 0.1) is 0 Å². The first-order chi connectivity index (χ1) is 17.2. The Labute approximate surface area is 220 Å². The molecule has 3 unspecified atom stereocenters. The van der Waals surface area contributed by atoms with Crippen molar-refractivity contribution in [2.75, 3.05) is 0 Å². The summed E-state index contributed by atoms with van der Waals surface area (Å²) in [6.45, 7) is 13.0. The molecule has 206 valence electrons. The summed E-state index contributed by atoms with van der Waals surface area (Å²) < 4.78 is 5.38. The molecule has 1 aliphatic rings. The Hall–Kier alpha value is -3.10. The van der Waals surface area contributed by atoms with Crippen LogP contribution in [0.15, 0.2) is 18.2 Å². The Balaban J connectivity index is 2.51. The fraction of sp³-hybridized carbons (Fsp3) is 0.643. The number of primary amides is 1. The second kappa shape index (κ2) is 12.9. The van der Waals surface area contributed by atoms with Crippen molar-refractivity contribution in [2.24, 2.45) is 5.73 Å². The fourth-order valence-electron chi connectivity index (χ4n) is 4.53. The number of nitrogens with one attached hydrogen (secondary N) is 2. The Bertz CT molecular complexity index is 963. The molecule has 0 aromatic heterocycles. The monoisotopic (exact) mass is 516 g/mol. The van der Waals surface area contributed by atoms with Crippen LogP contribution in [-0.4, -0.2) is 52.4 Å². The first-order valence-corrected chi connectivity index (χ1v) is 13.2. The van der Waals surface area contributed by atoms with Crippen LogP contribution in [0.25, 0.3) is 0 Å². The third kappa shape index (κ3) is 9.05. The first kappa shape index (κ1) is 30.1. The van der Waals surface area contributed by atoms with Gasteiger partial charge in [0.2, 0.25) is 17.7 Å². The predicted molar refractivity (Wildman–Crippen MR) is 143 cm³/mol. The van der Waals surface area contributed by atoms with Gasteiger partial charge >= 0.3 is 6.09 Å². The van der Waals surface area contributed by atoms with Gasteiger partial charge in [-0.2, -0.15) is 0 Å². The molecular formula is C28H44N4O5. The highest BCUT2D eigenvalue weighted by atomic mass is 16.6. The molecule has 0 spiro atoms. The minimum Gasteiger partial charge on any atom is -0.444 e. The molecule has 4 amide bonds. The number of alkyl carbamates (subject to hydrolysis) is 1. The summed E-state index contributed by atoms with van der Waals surface area (Å²) in [6.07, 6.45) is 2.36. The van der Waals surface area contributed by atoms with Crippen LogP contribution in [0.2, 0.25) is 0 Å². The molecule has 0 aliphatic heterocycles. The highest BCUT2D eigenvalue weighted by Gasteiger charge is 2.45. The molecular weight excluding hydrogens is 472 g/mol. The standard InChI is InChI=1S/C28H44N4O5/c1-8-10-19(4)30-25(34)24(23-17(2)11-9-12-18(23)3)32(20-13-14-20)26(35)21(15-16-22(29)33)31-27(36)37-28(5,6)7/h9,11-12,19-21,24H,8,10,13-16H2,1-7H3,(H2,29,33)(H,30,34)(H,31,36). The molecule has 9 nitrogen and oxygen atoms in total. The van der Waals surface area contributed by atoms with Gasteiger partial charge in [-0.15, -0.1) is 0 Å². The van der Waals surface area contributed by atoms with E-state index in [2.05, 4.69) is 17.6 Å². The maximum Gasteiger partial charge on any atom is 0.408 e. The zero-order chi connectivity index (χ0) is 27.9. The van der Waals surface area contributed by atoms with Crippen LogP contribution >= 0.6 is 0 Å². The summed E-state index contributed by atoms with van der Waals surface area (Å²) >= 11 is 0. The van der Waals surface area contributed by atoms with Crippen molar-refractivity contribution in [2.45, 2.75) is 117 Å². The van der Waals surface area contributed by atoms with Gasteiger partial charge in [0.1, 0.15) is 17.7 Å². The first-order valence-electron chi connectivity index (χ1n) is 13.2. The van der Waals surface area contributed by atoms with E-state index in [9.17, 15) is 19.2 Å². The Morgan fingerprint density at radius 1 is 1.08 bits per heavy atom. The number of carbonyl (C=O) groups excluding carboxylic acids is 4. The highest BCUT2D eigenvalue weighted by Crippen LogP contribution is 2.38. The number of hydrogen-bond acceptors (Lipinski definition) is 5. The summed E-state index contributed by atoms with van der Waals surface area (Å²) in [4.78, 5) is 53.7. The average molecular weight is 517 g/mol. The van der Waals surface area contributed by atoms with E-state index in [1.165, 1.54) is 0 Å². The number of nitrogens with two attached hydrogens (primary N) is 1. The highest BCUT2D eigenvalue weighted by molar-refractivity contribution is 5.93. The molecule has 4 N–H and O–H groups in total. The van der Waals surface area contributed by atoms with Gasteiger partial charge in [0, 0.05) is 18.5 Å². The van der Waals surface area contributed by atoms with Crippen molar-refractivity contribution in [1.29, 1.82) is 0 Å². The van der Waals surface area contributed by atoms with Crippen LogP contribution in [0, 0.1) is 13.8 Å². The smallest absolute Gasteiger partial charge is 0.408 e. The zero-order valence-corrected chi connectivity index (χ0v) is 23.3. The normalized spacial score (nSPS) is 15.8. The lowest BCUT2D eigenvalue weighted by atomic mass is 9.93. The van der Waals surface area contributed by atoms with E-state index in [1.807, 2.05) is 39.0 Å². The van der Waals surface area contributed by atoms with Crippen LogP contribution < -0.4 is 16.4 Å². The van der Waals surface area contributed by atoms with E-state index < -0.39 is 35.6 Å². The molecule has 37 heavy (non-hydrogen) atoms. The molecule has 0 heterocycles. The molecule has 3 atom stereocenters. The van der Waals surface area contributed by atoms with E-state index in [-0.39, 0.29) is 30.8 Å². The Morgan fingerprint density at radius 2 is 1.68 bits per heavy atom. The van der Waals surface area contributed by atoms with E-state index in [4.69, 9.17) is 10.5 Å². The molecule has 0 radical (unpaired) electrons. The number of aryl methyl sites for hydroxylation is 2. The fourth-order valence-corrected chi connectivity index (χ4v) is 4.53. The SMILES string of the molecule is CCCC(C)NC(=O)C(c1c(C)cccc1C)N(C(=O)C(CCC(N)=O)NC(=O)OC(C)(C)C)C1CC1. The van der Waals surface area contributed by atoms with Gasteiger partial charge in [-0.3, -0.25) is 14.4 Å². The summed E-state index contributed by atoms with van der Waals surface area (Å²) in [7, 11) is 0. The maximum absolute atomic E-state index is 14.1. The molecule has 1 aromatic carbocycles. The lowest BCUT2D eigenvalue weighted by Crippen LogP contribution is -2.54. The molecule has 1 aliphatic carbocycles. The number of ether oxygens (including phenoxy) is 1. The van der Waals surface area contributed by atoms with Crippen LogP contribution in [0.1, 0.15) is 95.9 Å².